The summed E-state index contributed by atoms with van der Waals surface area (Å²) in [7, 11) is 0. The lowest BCUT2D eigenvalue weighted by atomic mass is 9.90. The average molecular weight is 536 g/mol. The van der Waals surface area contributed by atoms with Gasteiger partial charge in [0.25, 0.3) is 0 Å². The molecule has 38 heavy (non-hydrogen) atoms. The quantitative estimate of drug-likeness (QED) is 0.264. The maximum Gasteiger partial charge on any atom is 0.323 e. The minimum atomic E-state index is -1.03. The van der Waals surface area contributed by atoms with Gasteiger partial charge in [0.1, 0.15) is 18.2 Å². The molecule has 1 aromatic carbocycles. The molecule has 0 aromatic heterocycles. The first kappa shape index (κ1) is 33.1. The number of ether oxygens (including phenoxy) is 4. The molecule has 0 amide bonds. The molecule has 0 saturated heterocycles. The lowest BCUT2D eigenvalue weighted by Crippen LogP contribution is -2.40. The van der Waals surface area contributed by atoms with Crippen LogP contribution in [-0.4, -0.2) is 42.1 Å². The van der Waals surface area contributed by atoms with Crippen LogP contribution in [0.25, 0.3) is 0 Å². The van der Waals surface area contributed by atoms with E-state index in [-0.39, 0.29) is 48.6 Å². The van der Waals surface area contributed by atoms with Crippen molar-refractivity contribution in [3.8, 4) is 11.5 Å². The summed E-state index contributed by atoms with van der Waals surface area (Å²) in [6.45, 7) is 16.3. The van der Waals surface area contributed by atoms with Crippen LogP contribution in [0.5, 0.6) is 11.5 Å². The Bertz CT molecular complexity index is 969. The van der Waals surface area contributed by atoms with Crippen LogP contribution in [0.2, 0.25) is 0 Å². The maximum absolute atomic E-state index is 12.7. The van der Waals surface area contributed by atoms with E-state index in [0.717, 1.165) is 0 Å². The van der Waals surface area contributed by atoms with Crippen LogP contribution in [0.3, 0.4) is 0 Å². The molecule has 0 aliphatic carbocycles. The highest BCUT2D eigenvalue weighted by atomic mass is 16.6. The SMILES string of the molecule is CCC(C)(C)C(=O)O[C@@H](C)[C@H](C)OC(=O)[C@@H](N)Cc1ccc(OC(=O)CC(C)C)c(OC(=O)CC(C)C)c1. The Hall–Kier alpha value is -2.94. The van der Waals surface area contributed by atoms with Crippen molar-refractivity contribution in [2.45, 2.75) is 106 Å². The molecule has 3 atom stereocenters. The molecular weight excluding hydrogens is 490 g/mol. The van der Waals surface area contributed by atoms with Crippen molar-refractivity contribution in [2.24, 2.45) is 23.0 Å². The summed E-state index contributed by atoms with van der Waals surface area (Å²) >= 11 is 0. The van der Waals surface area contributed by atoms with E-state index in [4.69, 9.17) is 24.7 Å². The minimum Gasteiger partial charge on any atom is -0.458 e. The molecule has 9 nitrogen and oxygen atoms in total. The summed E-state index contributed by atoms with van der Waals surface area (Å²) in [5.41, 5.74) is 6.05. The summed E-state index contributed by atoms with van der Waals surface area (Å²) < 4.78 is 21.8. The largest absolute Gasteiger partial charge is 0.458 e. The molecule has 2 N–H and O–H groups in total. The highest BCUT2D eigenvalue weighted by Crippen LogP contribution is 2.30. The van der Waals surface area contributed by atoms with Gasteiger partial charge in [-0.3, -0.25) is 19.2 Å². The summed E-state index contributed by atoms with van der Waals surface area (Å²) in [4.78, 5) is 49.5. The molecular formula is C29H45NO8. The number of carbonyl (C=O) groups is 4. The average Bonchev–Trinajstić information content (AvgIpc) is 2.79. The Morgan fingerprint density at radius 1 is 0.816 bits per heavy atom. The molecule has 0 spiro atoms. The second-order valence-corrected chi connectivity index (χ2v) is 11.2. The van der Waals surface area contributed by atoms with Gasteiger partial charge in [-0.05, 0) is 70.1 Å². The third kappa shape index (κ3) is 11.2. The van der Waals surface area contributed by atoms with Crippen LogP contribution in [0.1, 0.15) is 87.1 Å². The van der Waals surface area contributed by atoms with Gasteiger partial charge in [-0.1, -0.05) is 40.7 Å². The lowest BCUT2D eigenvalue weighted by molar-refractivity contribution is -0.172. The molecule has 0 aliphatic rings. The fourth-order valence-electron chi connectivity index (χ4n) is 3.11. The third-order valence-electron chi connectivity index (χ3n) is 6.06. The number of esters is 4. The molecule has 214 valence electrons. The Kier molecular flexibility index (Phi) is 12.9. The topological polar surface area (TPSA) is 131 Å². The lowest BCUT2D eigenvalue weighted by Gasteiger charge is -2.27. The molecule has 0 heterocycles. The first-order valence-electron chi connectivity index (χ1n) is 13.3. The molecule has 0 aliphatic heterocycles. The van der Waals surface area contributed by atoms with E-state index in [1.54, 1.807) is 33.8 Å². The zero-order chi connectivity index (χ0) is 29.2. The van der Waals surface area contributed by atoms with Gasteiger partial charge in [0.05, 0.1) is 5.41 Å². The molecule has 0 radical (unpaired) electrons. The van der Waals surface area contributed by atoms with E-state index in [9.17, 15) is 19.2 Å². The summed E-state index contributed by atoms with van der Waals surface area (Å²) in [5.74, 6) is -1.56. The van der Waals surface area contributed by atoms with Crippen molar-refractivity contribution in [1.82, 2.24) is 0 Å². The number of hydrogen-bond acceptors (Lipinski definition) is 9. The second-order valence-electron chi connectivity index (χ2n) is 11.2. The number of nitrogens with two attached hydrogens (primary N) is 1. The molecule has 1 aromatic rings. The minimum absolute atomic E-state index is 0.0809. The van der Waals surface area contributed by atoms with Crippen LogP contribution in [0.15, 0.2) is 18.2 Å². The van der Waals surface area contributed by atoms with Crippen molar-refractivity contribution in [3.05, 3.63) is 23.8 Å². The first-order valence-corrected chi connectivity index (χ1v) is 13.3. The van der Waals surface area contributed by atoms with Crippen molar-refractivity contribution in [2.75, 3.05) is 0 Å². The van der Waals surface area contributed by atoms with Crippen molar-refractivity contribution in [3.63, 3.8) is 0 Å². The van der Waals surface area contributed by atoms with Crippen LogP contribution in [0.4, 0.5) is 0 Å². The zero-order valence-electron chi connectivity index (χ0n) is 24.3. The standard InChI is InChI=1S/C29H45NO8/c1-10-29(8,9)28(34)36-20(7)19(6)35-27(33)22(30)15-21-11-12-23(37-25(31)13-17(2)3)24(16-21)38-26(32)14-18(4)5/h11-12,16-20,22H,10,13-15,30H2,1-9H3/t19-,20-,22-/m0/s1. The van der Waals surface area contributed by atoms with Gasteiger partial charge in [0.15, 0.2) is 11.5 Å². The number of benzene rings is 1. The Balaban J connectivity index is 2.94. The molecule has 0 fully saturated rings. The predicted octanol–water partition coefficient (Wildman–Crippen LogP) is 4.76. The van der Waals surface area contributed by atoms with Gasteiger partial charge < -0.3 is 24.7 Å². The summed E-state index contributed by atoms with van der Waals surface area (Å²) in [6, 6.07) is 3.67. The van der Waals surface area contributed by atoms with Gasteiger partial charge in [0.2, 0.25) is 0 Å². The van der Waals surface area contributed by atoms with Gasteiger partial charge in [-0.25, -0.2) is 0 Å². The third-order valence-corrected chi connectivity index (χ3v) is 6.06. The van der Waals surface area contributed by atoms with Gasteiger partial charge in [-0.2, -0.15) is 0 Å². The smallest absolute Gasteiger partial charge is 0.323 e. The van der Waals surface area contributed by atoms with Gasteiger partial charge >= 0.3 is 23.9 Å². The number of carbonyl (C=O) groups excluding carboxylic acids is 4. The summed E-state index contributed by atoms with van der Waals surface area (Å²) in [5, 5.41) is 0. The van der Waals surface area contributed by atoms with Crippen molar-refractivity contribution < 1.29 is 38.1 Å². The Morgan fingerprint density at radius 2 is 1.32 bits per heavy atom. The Labute approximate surface area is 226 Å². The fraction of sp³-hybridized carbons (Fsp3) is 0.655. The van der Waals surface area contributed by atoms with Crippen LogP contribution in [-0.2, 0) is 35.1 Å². The highest BCUT2D eigenvalue weighted by Gasteiger charge is 2.31. The maximum atomic E-state index is 12.7. The van der Waals surface area contributed by atoms with Gasteiger partial charge in [0, 0.05) is 12.8 Å². The molecule has 9 heteroatoms. The molecule has 0 unspecified atom stereocenters. The van der Waals surface area contributed by atoms with E-state index in [1.165, 1.54) is 12.1 Å². The zero-order valence-corrected chi connectivity index (χ0v) is 24.3. The fourth-order valence-corrected chi connectivity index (χ4v) is 3.11. The predicted molar refractivity (Wildman–Crippen MR) is 143 cm³/mol. The van der Waals surface area contributed by atoms with Crippen molar-refractivity contribution in [1.29, 1.82) is 0 Å². The second kappa shape index (κ2) is 14.9. The van der Waals surface area contributed by atoms with Crippen LogP contribution in [0, 0.1) is 17.3 Å². The van der Waals surface area contributed by atoms with E-state index in [1.807, 2.05) is 34.6 Å². The Morgan fingerprint density at radius 3 is 1.82 bits per heavy atom. The number of rotatable bonds is 14. The monoisotopic (exact) mass is 535 g/mol. The number of hydrogen-bond donors (Lipinski definition) is 1. The molecule has 1 rings (SSSR count). The van der Waals surface area contributed by atoms with E-state index in [0.29, 0.717) is 12.0 Å². The molecule has 0 bridgehead atoms. The van der Waals surface area contributed by atoms with Crippen LogP contribution < -0.4 is 15.2 Å². The highest BCUT2D eigenvalue weighted by molar-refractivity contribution is 5.78. The van der Waals surface area contributed by atoms with Crippen molar-refractivity contribution >= 4 is 23.9 Å². The normalized spacial score (nSPS) is 14.0. The van der Waals surface area contributed by atoms with Gasteiger partial charge in [-0.15, -0.1) is 0 Å². The van der Waals surface area contributed by atoms with Crippen LogP contribution >= 0.6 is 0 Å². The van der Waals surface area contributed by atoms with E-state index in [2.05, 4.69) is 0 Å². The van der Waals surface area contributed by atoms with E-state index < -0.39 is 41.6 Å². The summed E-state index contributed by atoms with van der Waals surface area (Å²) in [6.07, 6.45) is -0.276. The molecule has 0 saturated carbocycles. The first-order chi connectivity index (χ1) is 17.5. The van der Waals surface area contributed by atoms with E-state index >= 15 is 0 Å².